The molecule has 144 valence electrons. The number of fused-ring (bicyclic) bond motifs is 2. The Morgan fingerprint density at radius 3 is 2.83 bits per heavy atom. The van der Waals surface area contributed by atoms with Gasteiger partial charge in [0.15, 0.2) is 0 Å². The predicted molar refractivity (Wildman–Crippen MR) is 116 cm³/mol. The number of aryl methyl sites for hydroxylation is 2. The van der Waals surface area contributed by atoms with Crippen LogP contribution in [0.15, 0.2) is 60.9 Å². The molecular weight excluding hydrogens is 362 g/mol. The van der Waals surface area contributed by atoms with Gasteiger partial charge in [-0.3, -0.25) is 0 Å². The SMILES string of the molecule is Nc1ncc(CCc2nc3ccccc3[nH]2)c(NCc2ccc3[nH]ccc3c2)n1. The van der Waals surface area contributed by atoms with Gasteiger partial charge in [0.25, 0.3) is 0 Å². The molecule has 7 heteroatoms. The molecule has 5 rings (SSSR count). The zero-order valence-corrected chi connectivity index (χ0v) is 15.8. The number of nitrogens with one attached hydrogen (secondary N) is 3. The van der Waals surface area contributed by atoms with Crippen molar-refractivity contribution in [1.29, 1.82) is 0 Å². The van der Waals surface area contributed by atoms with Crippen LogP contribution >= 0.6 is 0 Å². The lowest BCUT2D eigenvalue weighted by Crippen LogP contribution is -2.08. The number of nitrogens with zero attached hydrogens (tertiary/aromatic N) is 3. The first-order valence-corrected chi connectivity index (χ1v) is 9.59. The summed E-state index contributed by atoms with van der Waals surface area (Å²) in [6, 6.07) is 16.5. The van der Waals surface area contributed by atoms with Crippen molar-refractivity contribution in [3.63, 3.8) is 0 Å². The van der Waals surface area contributed by atoms with Crippen molar-refractivity contribution < 1.29 is 0 Å². The fourth-order valence-electron chi connectivity index (χ4n) is 3.53. The zero-order valence-electron chi connectivity index (χ0n) is 15.8. The van der Waals surface area contributed by atoms with Crippen LogP contribution in [0.1, 0.15) is 17.0 Å². The van der Waals surface area contributed by atoms with Gasteiger partial charge in [-0.15, -0.1) is 0 Å². The molecule has 3 aromatic heterocycles. The number of hydrogen-bond donors (Lipinski definition) is 4. The van der Waals surface area contributed by atoms with Crippen LogP contribution in [0.4, 0.5) is 11.8 Å². The molecule has 0 saturated carbocycles. The molecule has 0 saturated heterocycles. The van der Waals surface area contributed by atoms with Crippen molar-refractivity contribution in [1.82, 2.24) is 24.9 Å². The molecule has 0 aliphatic heterocycles. The van der Waals surface area contributed by atoms with Crippen molar-refractivity contribution in [2.45, 2.75) is 19.4 Å². The van der Waals surface area contributed by atoms with Gasteiger partial charge in [0.2, 0.25) is 5.95 Å². The number of anilines is 2. The van der Waals surface area contributed by atoms with E-state index in [0.717, 1.165) is 46.6 Å². The largest absolute Gasteiger partial charge is 0.368 e. The maximum atomic E-state index is 5.83. The molecule has 0 atom stereocenters. The molecule has 7 nitrogen and oxygen atoms in total. The second kappa shape index (κ2) is 7.27. The summed E-state index contributed by atoms with van der Waals surface area (Å²) in [5.74, 6) is 1.98. The van der Waals surface area contributed by atoms with Gasteiger partial charge in [0.05, 0.1) is 11.0 Å². The summed E-state index contributed by atoms with van der Waals surface area (Å²) in [7, 11) is 0. The van der Waals surface area contributed by atoms with E-state index in [1.165, 1.54) is 10.9 Å². The number of imidazole rings is 1. The van der Waals surface area contributed by atoms with E-state index in [1.807, 2.05) is 30.5 Å². The molecular formula is C22H21N7. The minimum atomic E-state index is 0.265. The molecule has 3 heterocycles. The van der Waals surface area contributed by atoms with Crippen molar-refractivity contribution >= 4 is 33.7 Å². The Bertz CT molecular complexity index is 1250. The van der Waals surface area contributed by atoms with Crippen molar-refractivity contribution in [3.05, 3.63) is 77.9 Å². The quantitative estimate of drug-likeness (QED) is 0.356. The molecule has 5 aromatic rings. The lowest BCUT2D eigenvalue weighted by atomic mass is 10.1. The minimum absolute atomic E-state index is 0.265. The molecule has 0 radical (unpaired) electrons. The van der Waals surface area contributed by atoms with E-state index in [-0.39, 0.29) is 5.95 Å². The fraction of sp³-hybridized carbons (Fsp3) is 0.136. The number of aromatic amines is 2. The van der Waals surface area contributed by atoms with Crippen LogP contribution in [0.25, 0.3) is 21.9 Å². The van der Waals surface area contributed by atoms with Gasteiger partial charge in [-0.25, -0.2) is 9.97 Å². The highest BCUT2D eigenvalue weighted by Gasteiger charge is 2.09. The van der Waals surface area contributed by atoms with Crippen LogP contribution in [0.5, 0.6) is 0 Å². The number of hydrogen-bond acceptors (Lipinski definition) is 5. The number of nitrogen functional groups attached to an aromatic ring is 1. The Kier molecular flexibility index (Phi) is 4.32. The van der Waals surface area contributed by atoms with Crippen LogP contribution < -0.4 is 11.1 Å². The van der Waals surface area contributed by atoms with Gasteiger partial charge in [-0.1, -0.05) is 18.2 Å². The first-order valence-electron chi connectivity index (χ1n) is 9.59. The first kappa shape index (κ1) is 17.2. The van der Waals surface area contributed by atoms with Gasteiger partial charge < -0.3 is 21.0 Å². The summed E-state index contributed by atoms with van der Waals surface area (Å²) in [4.78, 5) is 19.8. The zero-order chi connectivity index (χ0) is 19.6. The summed E-state index contributed by atoms with van der Waals surface area (Å²) < 4.78 is 0. The Balaban J connectivity index is 1.32. The van der Waals surface area contributed by atoms with E-state index in [4.69, 9.17) is 5.73 Å². The molecule has 0 aliphatic rings. The van der Waals surface area contributed by atoms with E-state index in [0.29, 0.717) is 6.54 Å². The van der Waals surface area contributed by atoms with Gasteiger partial charge in [0.1, 0.15) is 11.6 Å². The maximum absolute atomic E-state index is 5.83. The molecule has 29 heavy (non-hydrogen) atoms. The van der Waals surface area contributed by atoms with Crippen LogP contribution in [0, 0.1) is 0 Å². The molecule has 2 aromatic carbocycles. The third-order valence-electron chi connectivity index (χ3n) is 5.03. The molecule has 0 amide bonds. The lowest BCUT2D eigenvalue weighted by Gasteiger charge is -2.11. The van der Waals surface area contributed by atoms with Gasteiger partial charge in [0, 0.05) is 36.4 Å². The third kappa shape index (κ3) is 3.62. The summed E-state index contributed by atoms with van der Waals surface area (Å²) in [5, 5.41) is 4.61. The fourth-order valence-corrected chi connectivity index (χ4v) is 3.53. The highest BCUT2D eigenvalue weighted by molar-refractivity contribution is 5.80. The normalized spacial score (nSPS) is 11.3. The predicted octanol–water partition coefficient (Wildman–Crippen LogP) is 3.81. The Hall–Kier alpha value is -3.87. The number of para-hydroxylation sites is 2. The number of rotatable bonds is 6. The van der Waals surface area contributed by atoms with E-state index in [1.54, 1.807) is 6.20 Å². The van der Waals surface area contributed by atoms with Crippen molar-refractivity contribution in [2.75, 3.05) is 11.1 Å². The molecule has 0 unspecified atom stereocenters. The highest BCUT2D eigenvalue weighted by atomic mass is 15.1. The van der Waals surface area contributed by atoms with Crippen molar-refractivity contribution in [3.8, 4) is 0 Å². The van der Waals surface area contributed by atoms with Crippen LogP contribution in [0.2, 0.25) is 0 Å². The molecule has 5 N–H and O–H groups in total. The second-order valence-corrected chi connectivity index (χ2v) is 7.06. The minimum Gasteiger partial charge on any atom is -0.368 e. The Labute approximate surface area is 167 Å². The first-order chi connectivity index (χ1) is 14.2. The molecule has 0 aliphatic carbocycles. The van der Waals surface area contributed by atoms with Gasteiger partial charge in [-0.05, 0) is 47.7 Å². The Morgan fingerprint density at radius 1 is 0.966 bits per heavy atom. The summed E-state index contributed by atoms with van der Waals surface area (Å²) in [6.45, 7) is 0.662. The third-order valence-corrected chi connectivity index (χ3v) is 5.03. The maximum Gasteiger partial charge on any atom is 0.221 e. The number of nitrogens with two attached hydrogens (primary N) is 1. The standard InChI is InChI=1S/C22H21N7/c23-22-26-13-16(6-8-20-27-18-3-1-2-4-19(18)28-20)21(29-22)25-12-14-5-7-17-15(11-14)9-10-24-17/h1-5,7,9-11,13,24H,6,8,12H2,(H,27,28)(H3,23,25,26,29). The summed E-state index contributed by atoms with van der Waals surface area (Å²) >= 11 is 0. The number of H-pyrrole nitrogens is 2. The van der Waals surface area contributed by atoms with E-state index >= 15 is 0 Å². The molecule has 0 spiro atoms. The summed E-state index contributed by atoms with van der Waals surface area (Å²) in [5.41, 5.74) is 11.2. The summed E-state index contributed by atoms with van der Waals surface area (Å²) in [6.07, 6.45) is 5.27. The Morgan fingerprint density at radius 2 is 1.90 bits per heavy atom. The molecule has 0 fully saturated rings. The lowest BCUT2D eigenvalue weighted by molar-refractivity contribution is 0.875. The smallest absolute Gasteiger partial charge is 0.221 e. The van der Waals surface area contributed by atoms with E-state index < -0.39 is 0 Å². The number of aromatic nitrogens is 5. The van der Waals surface area contributed by atoms with E-state index in [9.17, 15) is 0 Å². The van der Waals surface area contributed by atoms with E-state index in [2.05, 4.69) is 54.5 Å². The van der Waals surface area contributed by atoms with Crippen LogP contribution in [-0.2, 0) is 19.4 Å². The van der Waals surface area contributed by atoms with Gasteiger partial charge in [-0.2, -0.15) is 4.98 Å². The average molecular weight is 383 g/mol. The van der Waals surface area contributed by atoms with Gasteiger partial charge >= 0.3 is 0 Å². The highest BCUT2D eigenvalue weighted by Crippen LogP contribution is 2.19. The second-order valence-electron chi connectivity index (χ2n) is 7.06. The average Bonchev–Trinajstić information content (AvgIpc) is 3.37. The molecule has 0 bridgehead atoms. The van der Waals surface area contributed by atoms with Crippen LogP contribution in [-0.4, -0.2) is 24.9 Å². The van der Waals surface area contributed by atoms with Crippen molar-refractivity contribution in [2.24, 2.45) is 0 Å². The number of benzene rings is 2. The topological polar surface area (TPSA) is 108 Å². The monoisotopic (exact) mass is 383 g/mol. The van der Waals surface area contributed by atoms with Crippen LogP contribution in [0.3, 0.4) is 0 Å².